The Bertz CT molecular complexity index is 609. The summed E-state index contributed by atoms with van der Waals surface area (Å²) in [5.41, 5.74) is 0.938. The monoisotopic (exact) mass is 318 g/mol. The second kappa shape index (κ2) is 6.78. The minimum Gasteiger partial charge on any atom is -0.459 e. The number of hydrogen-bond donors (Lipinski definition) is 1. The van der Waals surface area contributed by atoms with Crippen molar-refractivity contribution >= 4 is 17.9 Å². The highest BCUT2D eigenvalue weighted by Gasteiger charge is 2.29. The molecule has 1 aromatic rings. The molecule has 2 saturated heterocycles. The summed E-state index contributed by atoms with van der Waals surface area (Å²) < 4.78 is 10.7. The first-order valence-corrected chi connectivity index (χ1v) is 7.60. The van der Waals surface area contributed by atoms with Crippen LogP contribution in [0.15, 0.2) is 24.3 Å². The highest BCUT2D eigenvalue weighted by molar-refractivity contribution is 6.02. The van der Waals surface area contributed by atoms with Crippen LogP contribution in [-0.2, 0) is 20.8 Å². The number of ether oxygens (including phenoxy) is 2. The van der Waals surface area contributed by atoms with Crippen LogP contribution < -0.4 is 5.32 Å². The third-order valence-electron chi connectivity index (χ3n) is 3.93. The van der Waals surface area contributed by atoms with Gasteiger partial charge >= 0.3 is 12.0 Å². The first kappa shape index (κ1) is 15.5. The molecule has 0 aromatic heterocycles. The normalized spacial score (nSPS) is 20.7. The Kier molecular flexibility index (Phi) is 4.57. The number of amides is 3. The molecule has 0 aliphatic carbocycles. The van der Waals surface area contributed by atoms with Gasteiger partial charge in [-0.25, -0.2) is 9.59 Å². The molecule has 0 radical (unpaired) electrons. The van der Waals surface area contributed by atoms with Gasteiger partial charge in [-0.2, -0.15) is 0 Å². The predicted octanol–water partition coefficient (Wildman–Crippen LogP) is 1.07. The van der Waals surface area contributed by atoms with Gasteiger partial charge in [-0.1, -0.05) is 18.2 Å². The molecule has 2 heterocycles. The Balaban J connectivity index is 1.68. The maximum atomic E-state index is 12.3. The van der Waals surface area contributed by atoms with Crippen LogP contribution in [0.2, 0.25) is 0 Å². The van der Waals surface area contributed by atoms with Crippen LogP contribution in [0, 0.1) is 0 Å². The molecule has 0 bridgehead atoms. The molecular formula is C16H18N2O5. The minimum atomic E-state index is -0.469. The van der Waals surface area contributed by atoms with Crippen molar-refractivity contribution in [2.24, 2.45) is 0 Å². The molecule has 3 rings (SSSR count). The van der Waals surface area contributed by atoms with Gasteiger partial charge in [0.1, 0.15) is 6.61 Å². The number of nitrogens with zero attached hydrogens (tertiary/aromatic N) is 1. The van der Waals surface area contributed by atoms with Crippen LogP contribution in [0.1, 0.15) is 28.8 Å². The molecule has 7 heteroatoms. The predicted molar refractivity (Wildman–Crippen MR) is 79.6 cm³/mol. The molecule has 1 atom stereocenters. The van der Waals surface area contributed by atoms with Gasteiger partial charge in [0.2, 0.25) is 5.91 Å². The van der Waals surface area contributed by atoms with Crippen molar-refractivity contribution in [1.82, 2.24) is 10.2 Å². The van der Waals surface area contributed by atoms with Gasteiger partial charge in [-0.15, -0.1) is 0 Å². The van der Waals surface area contributed by atoms with Crippen LogP contribution in [0.5, 0.6) is 0 Å². The van der Waals surface area contributed by atoms with Crippen LogP contribution in [0.4, 0.5) is 4.79 Å². The maximum absolute atomic E-state index is 12.3. The number of esters is 1. The molecule has 23 heavy (non-hydrogen) atoms. The van der Waals surface area contributed by atoms with E-state index in [-0.39, 0.29) is 31.7 Å². The minimum absolute atomic E-state index is 0.00946. The van der Waals surface area contributed by atoms with E-state index in [1.165, 1.54) is 0 Å². The Morgan fingerprint density at radius 3 is 2.87 bits per heavy atom. The molecule has 1 N–H and O–H groups in total. The van der Waals surface area contributed by atoms with Crippen LogP contribution >= 0.6 is 0 Å². The summed E-state index contributed by atoms with van der Waals surface area (Å²) in [7, 11) is 0. The molecule has 1 aromatic carbocycles. The fourth-order valence-corrected chi connectivity index (χ4v) is 2.67. The van der Waals surface area contributed by atoms with Crippen molar-refractivity contribution < 1.29 is 23.9 Å². The lowest BCUT2D eigenvalue weighted by Crippen LogP contribution is -2.31. The summed E-state index contributed by atoms with van der Waals surface area (Å²) in [6.07, 6.45) is 1.82. The highest BCUT2D eigenvalue weighted by Crippen LogP contribution is 2.17. The molecule has 7 nitrogen and oxygen atoms in total. The Morgan fingerprint density at radius 1 is 1.35 bits per heavy atom. The van der Waals surface area contributed by atoms with Gasteiger partial charge < -0.3 is 14.8 Å². The van der Waals surface area contributed by atoms with Gasteiger partial charge in [-0.3, -0.25) is 9.69 Å². The molecule has 0 saturated carbocycles. The molecule has 2 fully saturated rings. The van der Waals surface area contributed by atoms with E-state index in [0.29, 0.717) is 17.7 Å². The van der Waals surface area contributed by atoms with E-state index in [9.17, 15) is 14.4 Å². The lowest BCUT2D eigenvalue weighted by Gasteiger charge is -2.16. The van der Waals surface area contributed by atoms with Gasteiger partial charge in [-0.05, 0) is 24.5 Å². The van der Waals surface area contributed by atoms with E-state index < -0.39 is 12.0 Å². The zero-order valence-corrected chi connectivity index (χ0v) is 12.6. The van der Waals surface area contributed by atoms with E-state index in [1.54, 1.807) is 24.3 Å². The lowest BCUT2D eigenvalue weighted by molar-refractivity contribution is -0.125. The summed E-state index contributed by atoms with van der Waals surface area (Å²) in [6, 6.07) is 6.37. The third-order valence-corrected chi connectivity index (χ3v) is 3.93. The first-order chi connectivity index (χ1) is 11.1. The van der Waals surface area contributed by atoms with Crippen molar-refractivity contribution in [3.63, 3.8) is 0 Å². The van der Waals surface area contributed by atoms with Crippen LogP contribution in [-0.4, -0.2) is 48.7 Å². The van der Waals surface area contributed by atoms with Crippen LogP contribution in [0.25, 0.3) is 0 Å². The second-order valence-electron chi connectivity index (χ2n) is 5.53. The number of rotatable bonds is 5. The average molecular weight is 318 g/mol. The number of urea groups is 1. The van der Waals surface area contributed by atoms with Gasteiger partial charge in [0.15, 0.2) is 0 Å². The molecule has 122 valence electrons. The number of imide groups is 1. The zero-order chi connectivity index (χ0) is 16.2. The van der Waals surface area contributed by atoms with E-state index in [1.807, 2.05) is 0 Å². The number of benzene rings is 1. The van der Waals surface area contributed by atoms with Gasteiger partial charge in [0.25, 0.3) is 0 Å². The number of carbonyl (C=O) groups excluding carboxylic acids is 3. The Hall–Kier alpha value is -2.41. The molecule has 2 aliphatic rings. The summed E-state index contributed by atoms with van der Waals surface area (Å²) >= 11 is 0. The fourth-order valence-electron chi connectivity index (χ4n) is 2.67. The van der Waals surface area contributed by atoms with E-state index in [2.05, 4.69) is 5.32 Å². The standard InChI is InChI=1S/C16H18N2O5/c19-14-8-17-16(21)18(14)9-11-4-1-2-6-13(11)15(20)23-10-12-5-3-7-22-12/h1-2,4,6,12H,3,5,7-10H2,(H,17,21)/t12-/m0/s1. The number of carbonyl (C=O) groups is 3. The zero-order valence-electron chi connectivity index (χ0n) is 12.6. The third kappa shape index (κ3) is 3.50. The summed E-state index contributed by atoms with van der Waals surface area (Å²) in [5.74, 6) is -0.777. The second-order valence-corrected chi connectivity index (χ2v) is 5.53. The van der Waals surface area contributed by atoms with Crippen LogP contribution in [0.3, 0.4) is 0 Å². The lowest BCUT2D eigenvalue weighted by atomic mass is 10.1. The van der Waals surface area contributed by atoms with Crippen molar-refractivity contribution in [3.8, 4) is 0 Å². The first-order valence-electron chi connectivity index (χ1n) is 7.60. The average Bonchev–Trinajstić information content (AvgIpc) is 3.18. The SMILES string of the molecule is O=C(OC[C@@H]1CCCO1)c1ccccc1CN1C(=O)CNC1=O. The fraction of sp³-hybridized carbons (Fsp3) is 0.438. The van der Waals surface area contributed by atoms with Crippen molar-refractivity contribution in [1.29, 1.82) is 0 Å². The van der Waals surface area contributed by atoms with E-state index >= 15 is 0 Å². The number of hydrogen-bond acceptors (Lipinski definition) is 5. The molecule has 0 unspecified atom stereocenters. The van der Waals surface area contributed by atoms with E-state index in [0.717, 1.165) is 17.7 Å². The molecule has 3 amide bonds. The van der Waals surface area contributed by atoms with Crippen molar-refractivity contribution in [3.05, 3.63) is 35.4 Å². The van der Waals surface area contributed by atoms with Crippen molar-refractivity contribution in [2.75, 3.05) is 19.8 Å². The number of nitrogens with one attached hydrogen (secondary N) is 1. The molecular weight excluding hydrogens is 300 g/mol. The molecule has 2 aliphatic heterocycles. The quantitative estimate of drug-likeness (QED) is 0.648. The topological polar surface area (TPSA) is 84.9 Å². The van der Waals surface area contributed by atoms with E-state index in [4.69, 9.17) is 9.47 Å². The molecule has 0 spiro atoms. The highest BCUT2D eigenvalue weighted by atomic mass is 16.6. The van der Waals surface area contributed by atoms with Gasteiger partial charge in [0, 0.05) is 6.61 Å². The van der Waals surface area contributed by atoms with Crippen molar-refractivity contribution in [2.45, 2.75) is 25.5 Å². The maximum Gasteiger partial charge on any atom is 0.338 e. The Morgan fingerprint density at radius 2 is 2.17 bits per heavy atom. The smallest absolute Gasteiger partial charge is 0.338 e. The summed E-state index contributed by atoms with van der Waals surface area (Å²) in [5, 5.41) is 2.46. The summed E-state index contributed by atoms with van der Waals surface area (Å²) in [6.45, 7) is 0.960. The Labute approximate surface area is 133 Å². The largest absolute Gasteiger partial charge is 0.459 e. The van der Waals surface area contributed by atoms with Gasteiger partial charge in [0.05, 0.1) is 24.8 Å². The summed E-state index contributed by atoms with van der Waals surface area (Å²) in [4.78, 5) is 36.7.